The summed E-state index contributed by atoms with van der Waals surface area (Å²) in [7, 11) is 4.86. The molecule has 0 saturated carbocycles. The van der Waals surface area contributed by atoms with E-state index in [1.54, 1.807) is 27.5 Å². The maximum atomic E-state index is 13.6. The lowest BCUT2D eigenvalue weighted by Gasteiger charge is -2.35. The minimum absolute atomic E-state index is 0.0160. The Hall–Kier alpha value is -4.06. The molecule has 2 aromatic heterocycles. The summed E-state index contributed by atoms with van der Waals surface area (Å²) in [6, 6.07) is 4.08. The molecule has 1 fully saturated rings. The second-order valence-electron chi connectivity index (χ2n) is 12.1. The smallest absolute Gasteiger partial charge is 0.224 e. The first kappa shape index (κ1) is 33.3. The topological polar surface area (TPSA) is 114 Å². The molecule has 2 amide bonds. The number of hydrogen-bond donors (Lipinski definition) is 1. The highest BCUT2D eigenvalue weighted by atomic mass is 16.5. The molecular formula is C34H49N7O5. The van der Waals surface area contributed by atoms with Crippen LogP contribution in [0.3, 0.4) is 0 Å². The van der Waals surface area contributed by atoms with Crippen molar-refractivity contribution in [2.75, 3.05) is 72.0 Å². The van der Waals surface area contributed by atoms with Crippen LogP contribution in [0.1, 0.15) is 50.9 Å². The van der Waals surface area contributed by atoms with Gasteiger partial charge in [-0.3, -0.25) is 14.5 Å². The van der Waals surface area contributed by atoms with E-state index < -0.39 is 0 Å². The highest BCUT2D eigenvalue weighted by Gasteiger charge is 2.27. The molecule has 4 heterocycles. The van der Waals surface area contributed by atoms with E-state index in [0.717, 1.165) is 67.0 Å². The van der Waals surface area contributed by atoms with Crippen molar-refractivity contribution in [3.05, 3.63) is 35.9 Å². The van der Waals surface area contributed by atoms with E-state index in [-0.39, 0.29) is 18.2 Å². The molecule has 2 aliphatic heterocycles. The summed E-state index contributed by atoms with van der Waals surface area (Å²) in [5, 5.41) is 4.02. The first-order chi connectivity index (χ1) is 22.4. The zero-order chi connectivity index (χ0) is 32.6. The van der Waals surface area contributed by atoms with Crippen LogP contribution >= 0.6 is 0 Å². The number of rotatable bonds is 8. The Morgan fingerprint density at radius 3 is 2.61 bits per heavy atom. The van der Waals surface area contributed by atoms with Crippen molar-refractivity contribution in [1.82, 2.24) is 29.7 Å². The number of nitrogens with one attached hydrogen (secondary N) is 1. The van der Waals surface area contributed by atoms with Crippen LogP contribution in [0.15, 0.2) is 24.5 Å². The standard InChI is InChI=1S/C34H49N7O5/c1-6-29-35-12-16-39(29)15-11-31(43)40-14-10-30(42)36-21-24-9-8-13-41(22-24)34-25(23-38(7-2)17-18-40)19-26-27(37-34)20-28(44-3)33(46-5)32(26)45-4/h12,16,19-20,24H,6-11,13-15,17-18,21-23H2,1-5H3,(H,36,42). The number of piperidine rings is 1. The van der Waals surface area contributed by atoms with Gasteiger partial charge in [0.25, 0.3) is 0 Å². The summed E-state index contributed by atoms with van der Waals surface area (Å²) in [6.45, 7) is 10.1. The lowest BCUT2D eigenvalue weighted by Crippen LogP contribution is -2.42. The average Bonchev–Trinajstić information content (AvgIpc) is 3.55. The number of pyridine rings is 1. The molecule has 12 heteroatoms. The van der Waals surface area contributed by atoms with Gasteiger partial charge < -0.3 is 33.9 Å². The van der Waals surface area contributed by atoms with Gasteiger partial charge in [-0.15, -0.1) is 0 Å². The maximum Gasteiger partial charge on any atom is 0.224 e. The molecule has 0 spiro atoms. The van der Waals surface area contributed by atoms with Crippen molar-refractivity contribution in [2.24, 2.45) is 5.92 Å². The Morgan fingerprint density at radius 1 is 1.04 bits per heavy atom. The minimum atomic E-state index is -0.0160. The summed E-state index contributed by atoms with van der Waals surface area (Å²) in [6.07, 6.45) is 7.22. The number of methoxy groups -OCH3 is 3. The van der Waals surface area contributed by atoms with Crippen molar-refractivity contribution in [3.8, 4) is 17.2 Å². The first-order valence-corrected chi connectivity index (χ1v) is 16.5. The van der Waals surface area contributed by atoms with Crippen LogP contribution in [0.2, 0.25) is 0 Å². The number of benzene rings is 1. The number of aryl methyl sites for hydroxylation is 2. The number of hydrogen-bond acceptors (Lipinski definition) is 9. The van der Waals surface area contributed by atoms with Crippen molar-refractivity contribution in [1.29, 1.82) is 0 Å². The lowest BCUT2D eigenvalue weighted by atomic mass is 9.97. The van der Waals surface area contributed by atoms with Gasteiger partial charge in [-0.1, -0.05) is 13.8 Å². The van der Waals surface area contributed by atoms with E-state index in [9.17, 15) is 9.59 Å². The molecule has 250 valence electrons. The average molecular weight is 636 g/mol. The van der Waals surface area contributed by atoms with Gasteiger partial charge in [-0.25, -0.2) is 9.97 Å². The SMILES string of the molecule is CCc1nccn1CCC(=O)N1CCC(=O)NCC2CCCN(C2)c2nc3cc(OC)c(OC)c(OC)c3cc2CN(CC)CC1. The summed E-state index contributed by atoms with van der Waals surface area (Å²) >= 11 is 0. The molecule has 46 heavy (non-hydrogen) atoms. The first-order valence-electron chi connectivity index (χ1n) is 16.5. The van der Waals surface area contributed by atoms with Gasteiger partial charge in [0.05, 0.1) is 26.8 Å². The van der Waals surface area contributed by atoms with E-state index in [0.29, 0.717) is 68.9 Å². The van der Waals surface area contributed by atoms with E-state index >= 15 is 0 Å². The summed E-state index contributed by atoms with van der Waals surface area (Å²) in [5.41, 5.74) is 1.86. The molecule has 0 radical (unpaired) electrons. The van der Waals surface area contributed by atoms with Crippen LogP contribution in [0.25, 0.3) is 10.9 Å². The molecule has 1 unspecified atom stereocenters. The Balaban J connectivity index is 1.47. The normalized spacial score (nSPS) is 18.4. The number of fused-ring (bicyclic) bond motifs is 5. The van der Waals surface area contributed by atoms with E-state index in [2.05, 4.69) is 40.0 Å². The molecule has 1 aromatic carbocycles. The molecule has 1 N–H and O–H groups in total. The predicted octanol–water partition coefficient (Wildman–Crippen LogP) is 3.50. The molecular weight excluding hydrogens is 586 g/mol. The minimum Gasteiger partial charge on any atom is -0.493 e. The fourth-order valence-corrected chi connectivity index (χ4v) is 6.66. The number of carbonyl (C=O) groups excluding carboxylic acids is 2. The number of nitrogens with zero attached hydrogens (tertiary/aromatic N) is 6. The van der Waals surface area contributed by atoms with E-state index in [1.165, 1.54) is 0 Å². The number of ether oxygens (including phenoxy) is 3. The molecule has 1 saturated heterocycles. The van der Waals surface area contributed by atoms with E-state index in [1.807, 2.05) is 21.7 Å². The van der Waals surface area contributed by atoms with Crippen molar-refractivity contribution >= 4 is 28.5 Å². The molecule has 0 aliphatic carbocycles. The largest absolute Gasteiger partial charge is 0.493 e. The Bertz CT molecular complexity index is 1510. The number of imidazole rings is 1. The molecule has 1 atom stereocenters. The lowest BCUT2D eigenvalue weighted by molar-refractivity contribution is -0.132. The monoisotopic (exact) mass is 635 g/mol. The number of carbonyl (C=O) groups is 2. The van der Waals surface area contributed by atoms with Crippen molar-refractivity contribution in [3.63, 3.8) is 0 Å². The quantitative estimate of drug-likeness (QED) is 0.397. The van der Waals surface area contributed by atoms with Crippen molar-refractivity contribution < 1.29 is 23.8 Å². The molecule has 2 bridgehead atoms. The predicted molar refractivity (Wildman–Crippen MR) is 178 cm³/mol. The third-order valence-corrected chi connectivity index (χ3v) is 9.26. The Morgan fingerprint density at radius 2 is 1.87 bits per heavy atom. The fourth-order valence-electron chi connectivity index (χ4n) is 6.66. The van der Waals surface area contributed by atoms with Gasteiger partial charge in [0.15, 0.2) is 11.5 Å². The Kier molecular flexibility index (Phi) is 11.2. The Labute approximate surface area is 272 Å². The van der Waals surface area contributed by atoms with Crippen LogP contribution in [0.5, 0.6) is 17.2 Å². The summed E-state index contributed by atoms with van der Waals surface area (Å²) in [5.74, 6) is 3.92. The molecule has 12 nitrogen and oxygen atoms in total. The van der Waals surface area contributed by atoms with Crippen LogP contribution in [0.4, 0.5) is 5.82 Å². The highest BCUT2D eigenvalue weighted by molar-refractivity contribution is 5.92. The van der Waals surface area contributed by atoms with Gasteiger partial charge in [-0.05, 0) is 31.4 Å². The maximum absolute atomic E-state index is 13.6. The van der Waals surface area contributed by atoms with Crippen LogP contribution in [-0.2, 0) is 29.1 Å². The molecule has 2 aliphatic rings. The van der Waals surface area contributed by atoms with Crippen LogP contribution < -0.4 is 24.4 Å². The van der Waals surface area contributed by atoms with Gasteiger partial charge in [0.2, 0.25) is 17.6 Å². The third kappa shape index (κ3) is 7.49. The molecule has 5 rings (SSSR count). The van der Waals surface area contributed by atoms with Crippen LogP contribution in [0, 0.1) is 5.92 Å². The zero-order valence-corrected chi connectivity index (χ0v) is 28.0. The third-order valence-electron chi connectivity index (χ3n) is 9.26. The number of likely N-dealkylation sites (N-methyl/N-ethyl adjacent to an activating group) is 1. The van der Waals surface area contributed by atoms with Crippen molar-refractivity contribution in [2.45, 2.75) is 59.0 Å². The van der Waals surface area contributed by atoms with Gasteiger partial charge in [-0.2, -0.15) is 0 Å². The van der Waals surface area contributed by atoms with Gasteiger partial charge >= 0.3 is 0 Å². The molecule has 3 aromatic rings. The zero-order valence-electron chi connectivity index (χ0n) is 28.0. The summed E-state index contributed by atoms with van der Waals surface area (Å²) < 4.78 is 19.2. The number of aromatic nitrogens is 3. The number of amides is 2. The fraction of sp³-hybridized carbons (Fsp3) is 0.588. The van der Waals surface area contributed by atoms with Gasteiger partial charge in [0, 0.05) is 101 Å². The van der Waals surface area contributed by atoms with E-state index in [4.69, 9.17) is 19.2 Å². The van der Waals surface area contributed by atoms with Crippen LogP contribution in [-0.4, -0.2) is 103 Å². The highest BCUT2D eigenvalue weighted by Crippen LogP contribution is 2.44. The van der Waals surface area contributed by atoms with Gasteiger partial charge in [0.1, 0.15) is 11.6 Å². The second kappa shape index (κ2) is 15.5. The second-order valence-corrected chi connectivity index (χ2v) is 12.1. The summed E-state index contributed by atoms with van der Waals surface area (Å²) in [4.78, 5) is 42.7. The number of anilines is 1.